The average Bonchev–Trinajstić information content (AvgIpc) is 2.51. The van der Waals surface area contributed by atoms with E-state index < -0.39 is 5.82 Å². The van der Waals surface area contributed by atoms with Crippen LogP contribution in [-0.4, -0.2) is 15.8 Å². The molecule has 1 N–H and O–H groups in total. The van der Waals surface area contributed by atoms with E-state index in [1.165, 1.54) is 6.20 Å². The standard InChI is InChI=1S/C8H6ClFN2O/c9-8(10)13-7-5-1-3-11-6(5)2-4-12-7/h1-4,8,11H. The lowest BCUT2D eigenvalue weighted by molar-refractivity contribution is 0.143. The summed E-state index contributed by atoms with van der Waals surface area (Å²) in [5, 5.41) is 0.714. The van der Waals surface area contributed by atoms with Gasteiger partial charge in [-0.3, -0.25) is 0 Å². The second-order valence-electron chi connectivity index (χ2n) is 2.43. The highest BCUT2D eigenvalue weighted by molar-refractivity contribution is 6.18. The predicted molar refractivity (Wildman–Crippen MR) is 47.5 cm³/mol. The second-order valence-corrected chi connectivity index (χ2v) is 2.78. The number of halogens is 2. The number of fused-ring (bicyclic) bond motifs is 1. The molecule has 2 rings (SSSR count). The summed E-state index contributed by atoms with van der Waals surface area (Å²) in [6.45, 7) is 0. The third-order valence-corrected chi connectivity index (χ3v) is 1.73. The molecule has 0 aliphatic carbocycles. The first-order valence-corrected chi connectivity index (χ1v) is 4.08. The van der Waals surface area contributed by atoms with E-state index in [-0.39, 0.29) is 5.88 Å². The molecule has 2 heterocycles. The molecule has 0 spiro atoms. The van der Waals surface area contributed by atoms with Gasteiger partial charge in [0.1, 0.15) is 0 Å². The van der Waals surface area contributed by atoms with Gasteiger partial charge < -0.3 is 9.72 Å². The van der Waals surface area contributed by atoms with Crippen LogP contribution in [0.5, 0.6) is 5.88 Å². The van der Waals surface area contributed by atoms with E-state index in [4.69, 9.17) is 11.6 Å². The zero-order chi connectivity index (χ0) is 9.26. The topological polar surface area (TPSA) is 37.9 Å². The molecule has 0 fully saturated rings. The Morgan fingerprint density at radius 3 is 3.15 bits per heavy atom. The molecule has 1 unspecified atom stereocenters. The molecule has 2 aromatic heterocycles. The van der Waals surface area contributed by atoms with Crippen molar-refractivity contribution in [3.8, 4) is 5.88 Å². The Kier molecular flexibility index (Phi) is 2.06. The van der Waals surface area contributed by atoms with Gasteiger partial charge >= 0.3 is 5.82 Å². The first kappa shape index (κ1) is 8.31. The van der Waals surface area contributed by atoms with Crippen LogP contribution in [0.25, 0.3) is 10.9 Å². The molecule has 13 heavy (non-hydrogen) atoms. The normalized spacial score (nSPS) is 13.1. The first-order chi connectivity index (χ1) is 6.27. The molecule has 68 valence electrons. The van der Waals surface area contributed by atoms with Crippen molar-refractivity contribution in [3.63, 3.8) is 0 Å². The molecule has 0 aliphatic rings. The maximum atomic E-state index is 12.3. The van der Waals surface area contributed by atoms with Gasteiger partial charge in [-0.2, -0.15) is 4.39 Å². The Morgan fingerprint density at radius 2 is 2.38 bits per heavy atom. The van der Waals surface area contributed by atoms with Crippen LogP contribution in [-0.2, 0) is 0 Å². The third-order valence-electron chi connectivity index (χ3n) is 1.64. The minimum atomic E-state index is -1.87. The molecule has 0 saturated carbocycles. The molecule has 1 atom stereocenters. The van der Waals surface area contributed by atoms with Crippen molar-refractivity contribution in [3.05, 3.63) is 24.5 Å². The van der Waals surface area contributed by atoms with Crippen LogP contribution in [0.3, 0.4) is 0 Å². The molecule has 0 aliphatic heterocycles. The third kappa shape index (κ3) is 1.58. The summed E-state index contributed by atoms with van der Waals surface area (Å²) < 4.78 is 17.0. The number of aromatic amines is 1. The Labute approximate surface area is 78.5 Å². The minimum absolute atomic E-state index is 0.196. The largest absolute Gasteiger partial charge is 0.429 e. The maximum absolute atomic E-state index is 12.3. The van der Waals surface area contributed by atoms with Gasteiger partial charge in [-0.05, 0) is 23.7 Å². The zero-order valence-electron chi connectivity index (χ0n) is 6.50. The first-order valence-electron chi connectivity index (χ1n) is 3.64. The Morgan fingerprint density at radius 1 is 1.54 bits per heavy atom. The Balaban J connectivity index is 2.48. The average molecular weight is 201 g/mol. The van der Waals surface area contributed by atoms with Gasteiger partial charge in [0.25, 0.3) is 0 Å². The maximum Gasteiger partial charge on any atom is 0.317 e. The summed E-state index contributed by atoms with van der Waals surface area (Å²) in [6.07, 6.45) is 3.24. The molecule has 0 saturated heterocycles. The number of hydrogen-bond donors (Lipinski definition) is 1. The number of aromatic nitrogens is 2. The summed E-state index contributed by atoms with van der Waals surface area (Å²) >= 11 is 5.04. The number of rotatable bonds is 2. The summed E-state index contributed by atoms with van der Waals surface area (Å²) in [4.78, 5) is 6.80. The Bertz CT molecular complexity index is 415. The number of nitrogens with one attached hydrogen (secondary N) is 1. The van der Waals surface area contributed by atoms with Gasteiger partial charge in [0.2, 0.25) is 5.88 Å². The number of nitrogens with zero attached hydrogens (tertiary/aromatic N) is 1. The highest BCUT2D eigenvalue weighted by Gasteiger charge is 2.08. The molecule has 3 nitrogen and oxygen atoms in total. The number of H-pyrrole nitrogens is 1. The van der Waals surface area contributed by atoms with E-state index in [1.807, 2.05) is 0 Å². The van der Waals surface area contributed by atoms with Crippen molar-refractivity contribution in [1.82, 2.24) is 9.97 Å². The smallest absolute Gasteiger partial charge is 0.317 e. The summed E-state index contributed by atoms with van der Waals surface area (Å²) in [5.74, 6) is -1.67. The van der Waals surface area contributed by atoms with Crippen LogP contribution in [0.15, 0.2) is 24.5 Å². The molecule has 0 amide bonds. The van der Waals surface area contributed by atoms with E-state index in [0.717, 1.165) is 5.52 Å². The number of hydrogen-bond acceptors (Lipinski definition) is 2. The van der Waals surface area contributed by atoms with E-state index >= 15 is 0 Å². The lowest BCUT2D eigenvalue weighted by Crippen LogP contribution is -2.02. The van der Waals surface area contributed by atoms with Crippen molar-refractivity contribution in [2.75, 3.05) is 0 Å². The van der Waals surface area contributed by atoms with Crippen molar-refractivity contribution < 1.29 is 9.13 Å². The van der Waals surface area contributed by atoms with Gasteiger partial charge in [0, 0.05) is 12.4 Å². The molecule has 0 bridgehead atoms. The van der Waals surface area contributed by atoms with Gasteiger partial charge in [-0.25, -0.2) is 4.98 Å². The van der Waals surface area contributed by atoms with Gasteiger partial charge in [-0.1, -0.05) is 0 Å². The van der Waals surface area contributed by atoms with E-state index in [0.29, 0.717) is 5.39 Å². The zero-order valence-corrected chi connectivity index (χ0v) is 7.25. The quantitative estimate of drug-likeness (QED) is 0.757. The van der Waals surface area contributed by atoms with Crippen molar-refractivity contribution in [2.45, 2.75) is 5.82 Å². The van der Waals surface area contributed by atoms with Gasteiger partial charge in [0.15, 0.2) is 0 Å². The molecule has 2 aromatic rings. The monoisotopic (exact) mass is 200 g/mol. The molecule has 0 radical (unpaired) electrons. The highest BCUT2D eigenvalue weighted by Crippen LogP contribution is 2.23. The van der Waals surface area contributed by atoms with Crippen molar-refractivity contribution in [2.24, 2.45) is 0 Å². The van der Waals surface area contributed by atoms with E-state index in [2.05, 4.69) is 14.7 Å². The van der Waals surface area contributed by atoms with Crippen LogP contribution in [0.2, 0.25) is 0 Å². The fourth-order valence-electron chi connectivity index (χ4n) is 1.13. The van der Waals surface area contributed by atoms with Crippen LogP contribution >= 0.6 is 11.6 Å². The SMILES string of the molecule is FC(Cl)Oc1nccc2[nH]ccc12. The van der Waals surface area contributed by atoms with Crippen LogP contribution in [0.4, 0.5) is 4.39 Å². The molecular formula is C8H6ClFN2O. The summed E-state index contributed by atoms with van der Waals surface area (Å²) in [6, 6.07) is 3.51. The van der Waals surface area contributed by atoms with Crippen molar-refractivity contribution >= 4 is 22.5 Å². The minimum Gasteiger partial charge on any atom is -0.429 e. The Hall–Kier alpha value is -1.29. The van der Waals surface area contributed by atoms with Crippen LogP contribution in [0, 0.1) is 0 Å². The molecule has 5 heteroatoms. The predicted octanol–water partition coefficient (Wildman–Crippen LogP) is 2.43. The van der Waals surface area contributed by atoms with E-state index in [1.54, 1.807) is 18.3 Å². The molecule has 0 aromatic carbocycles. The van der Waals surface area contributed by atoms with Crippen LogP contribution in [0.1, 0.15) is 0 Å². The number of ether oxygens (including phenoxy) is 1. The van der Waals surface area contributed by atoms with Crippen molar-refractivity contribution in [1.29, 1.82) is 0 Å². The fraction of sp³-hybridized carbons (Fsp3) is 0.125. The summed E-state index contributed by atoms with van der Waals surface area (Å²) in [5.41, 5.74) is 0.835. The lowest BCUT2D eigenvalue weighted by Gasteiger charge is -2.04. The fourth-order valence-corrected chi connectivity index (χ4v) is 1.22. The second kappa shape index (κ2) is 3.22. The lowest BCUT2D eigenvalue weighted by atomic mass is 10.3. The van der Waals surface area contributed by atoms with Gasteiger partial charge in [-0.15, -0.1) is 0 Å². The molecular weight excluding hydrogens is 195 g/mol. The van der Waals surface area contributed by atoms with Crippen LogP contribution < -0.4 is 4.74 Å². The number of pyridine rings is 1. The van der Waals surface area contributed by atoms with Gasteiger partial charge in [0.05, 0.1) is 10.9 Å². The summed E-state index contributed by atoms with van der Waals surface area (Å²) in [7, 11) is 0. The number of alkyl halides is 2. The van der Waals surface area contributed by atoms with E-state index in [9.17, 15) is 4.39 Å². The highest BCUT2D eigenvalue weighted by atomic mass is 35.5.